The second-order valence-corrected chi connectivity index (χ2v) is 6.27. The van der Waals surface area contributed by atoms with Crippen LogP contribution in [-0.4, -0.2) is 29.4 Å². The number of fused-ring (bicyclic) bond motifs is 1. The van der Waals surface area contributed by atoms with Crippen LogP contribution < -0.4 is 14.2 Å². The molecule has 1 heterocycles. The van der Waals surface area contributed by atoms with Gasteiger partial charge in [-0.05, 0) is 30.3 Å². The van der Waals surface area contributed by atoms with Gasteiger partial charge in [0.25, 0.3) is 0 Å². The van der Waals surface area contributed by atoms with Crippen molar-refractivity contribution in [2.45, 2.75) is 18.3 Å². The molecule has 0 amide bonds. The third-order valence-electron chi connectivity index (χ3n) is 3.82. The van der Waals surface area contributed by atoms with Gasteiger partial charge in [-0.1, -0.05) is 23.7 Å². The van der Waals surface area contributed by atoms with Crippen LogP contribution in [0.4, 0.5) is 26.3 Å². The summed E-state index contributed by atoms with van der Waals surface area (Å²) in [6, 6.07) is 7.14. The Bertz CT molecular complexity index is 1020. The fourth-order valence-corrected chi connectivity index (χ4v) is 2.78. The molecule has 3 rings (SSSR count). The summed E-state index contributed by atoms with van der Waals surface area (Å²) >= 11 is 5.82. The van der Waals surface area contributed by atoms with E-state index in [4.69, 9.17) is 21.1 Å². The topological polar surface area (TPSA) is 65.0 Å². The summed E-state index contributed by atoms with van der Waals surface area (Å²) < 4.78 is 93.0. The van der Waals surface area contributed by atoms with Gasteiger partial charge in [0.2, 0.25) is 0 Å². The predicted molar refractivity (Wildman–Crippen MR) is 90.2 cm³/mol. The largest absolute Gasteiger partial charge is 0.573 e. The van der Waals surface area contributed by atoms with Crippen molar-refractivity contribution >= 4 is 23.6 Å². The number of alkyl halides is 6. The molecule has 160 valence electrons. The number of carboxylic acids is 1. The lowest BCUT2D eigenvalue weighted by atomic mass is 9.97. The quantitative estimate of drug-likeness (QED) is 0.624. The van der Waals surface area contributed by atoms with Crippen molar-refractivity contribution in [1.29, 1.82) is 0 Å². The Labute approximate surface area is 169 Å². The van der Waals surface area contributed by atoms with E-state index in [-0.39, 0.29) is 10.6 Å². The van der Waals surface area contributed by atoms with Crippen LogP contribution in [0.15, 0.2) is 48.0 Å². The molecule has 0 fully saturated rings. The SMILES string of the molecule is O=C(O)C1=Cc2ccc(OC(F)(F)F)cc2OC1(Oc1ccccc1Cl)C(F)(F)F. The first-order valence-electron chi connectivity index (χ1n) is 7.87. The van der Waals surface area contributed by atoms with Crippen molar-refractivity contribution in [2.24, 2.45) is 0 Å². The first kappa shape index (κ1) is 21.6. The van der Waals surface area contributed by atoms with E-state index in [9.17, 15) is 36.2 Å². The lowest BCUT2D eigenvalue weighted by Crippen LogP contribution is -2.59. The van der Waals surface area contributed by atoms with Gasteiger partial charge in [-0.3, -0.25) is 0 Å². The molecule has 0 radical (unpaired) electrons. The Balaban J connectivity index is 2.17. The maximum absolute atomic E-state index is 14.1. The minimum atomic E-state index is -5.48. The van der Waals surface area contributed by atoms with Crippen LogP contribution in [0.1, 0.15) is 5.56 Å². The van der Waals surface area contributed by atoms with Gasteiger partial charge in [-0.15, -0.1) is 13.2 Å². The molecule has 5 nitrogen and oxygen atoms in total. The molecule has 12 heteroatoms. The minimum absolute atomic E-state index is 0.232. The molecule has 1 unspecified atom stereocenters. The number of carboxylic acid groups (broad SMARTS) is 1. The highest BCUT2D eigenvalue weighted by molar-refractivity contribution is 6.32. The van der Waals surface area contributed by atoms with Crippen LogP contribution in [0.2, 0.25) is 5.02 Å². The zero-order chi connectivity index (χ0) is 22.3. The smallest absolute Gasteiger partial charge is 0.478 e. The molecule has 1 aliphatic rings. The van der Waals surface area contributed by atoms with Crippen LogP contribution >= 0.6 is 11.6 Å². The number of para-hydroxylation sites is 1. The Morgan fingerprint density at radius 2 is 1.73 bits per heavy atom. The van der Waals surface area contributed by atoms with E-state index in [0.29, 0.717) is 12.1 Å². The van der Waals surface area contributed by atoms with Crippen LogP contribution in [0.5, 0.6) is 17.2 Å². The van der Waals surface area contributed by atoms with Crippen LogP contribution in [0, 0.1) is 0 Å². The summed E-state index contributed by atoms with van der Waals surface area (Å²) in [5.41, 5.74) is -1.59. The molecule has 1 N–H and O–H groups in total. The molecule has 0 aliphatic carbocycles. The van der Waals surface area contributed by atoms with Gasteiger partial charge in [0.1, 0.15) is 22.8 Å². The average molecular weight is 455 g/mol. The number of aliphatic carboxylic acids is 1. The van der Waals surface area contributed by atoms with Gasteiger partial charge in [0.05, 0.1) is 5.02 Å². The third kappa shape index (κ3) is 4.11. The lowest BCUT2D eigenvalue weighted by molar-refractivity contribution is -0.304. The Kier molecular flexibility index (Phi) is 5.27. The monoisotopic (exact) mass is 454 g/mol. The highest BCUT2D eigenvalue weighted by Gasteiger charge is 2.67. The van der Waals surface area contributed by atoms with Gasteiger partial charge in [0, 0.05) is 11.6 Å². The molecule has 1 aliphatic heterocycles. The van der Waals surface area contributed by atoms with Crippen molar-refractivity contribution in [1.82, 2.24) is 0 Å². The number of ether oxygens (including phenoxy) is 3. The fraction of sp³-hybridized carbons (Fsp3) is 0.167. The number of rotatable bonds is 4. The van der Waals surface area contributed by atoms with Crippen LogP contribution in [0.3, 0.4) is 0 Å². The van der Waals surface area contributed by atoms with Crippen molar-refractivity contribution in [3.8, 4) is 17.2 Å². The van der Waals surface area contributed by atoms with E-state index >= 15 is 0 Å². The number of benzene rings is 2. The second kappa shape index (κ2) is 7.31. The molecule has 0 aromatic heterocycles. The first-order chi connectivity index (χ1) is 13.8. The number of hydrogen-bond acceptors (Lipinski definition) is 4. The molecular weight excluding hydrogens is 446 g/mol. The van der Waals surface area contributed by atoms with Crippen molar-refractivity contribution in [3.63, 3.8) is 0 Å². The van der Waals surface area contributed by atoms with E-state index in [0.717, 1.165) is 18.2 Å². The van der Waals surface area contributed by atoms with Gasteiger partial charge in [-0.2, -0.15) is 13.2 Å². The van der Waals surface area contributed by atoms with Crippen molar-refractivity contribution in [3.05, 3.63) is 58.6 Å². The molecular formula is C18H9ClF6O5. The Hall–Kier alpha value is -3.08. The van der Waals surface area contributed by atoms with Crippen LogP contribution in [-0.2, 0) is 4.79 Å². The predicted octanol–water partition coefficient (Wildman–Crippen LogP) is 5.44. The summed E-state index contributed by atoms with van der Waals surface area (Å²) in [7, 11) is 0. The van der Waals surface area contributed by atoms with E-state index in [1.807, 2.05) is 0 Å². The molecule has 30 heavy (non-hydrogen) atoms. The summed E-state index contributed by atoms with van der Waals surface area (Å²) in [6.45, 7) is 0. The molecule has 0 spiro atoms. The summed E-state index contributed by atoms with van der Waals surface area (Å²) in [6.07, 6.45) is -10.0. The van der Waals surface area contributed by atoms with Crippen molar-refractivity contribution in [2.75, 3.05) is 0 Å². The van der Waals surface area contributed by atoms with Gasteiger partial charge in [-0.25, -0.2) is 4.79 Å². The molecule has 2 aromatic rings. The second-order valence-electron chi connectivity index (χ2n) is 5.86. The zero-order valence-electron chi connectivity index (χ0n) is 14.3. The number of halogens is 7. The molecule has 2 aromatic carbocycles. The highest BCUT2D eigenvalue weighted by Crippen LogP contribution is 2.48. The average Bonchev–Trinajstić information content (AvgIpc) is 2.60. The molecule has 1 atom stereocenters. The third-order valence-corrected chi connectivity index (χ3v) is 4.13. The van der Waals surface area contributed by atoms with Gasteiger partial charge in [0.15, 0.2) is 0 Å². The zero-order valence-corrected chi connectivity index (χ0v) is 15.1. The standard InChI is InChI=1S/C18H9ClF6O5/c19-12-3-1-2-4-13(12)29-16(17(20,21)22)11(15(26)27)7-9-5-6-10(8-14(9)30-16)28-18(23,24)25/h1-8H,(H,26,27). The maximum atomic E-state index is 14.1. The summed E-state index contributed by atoms with van der Waals surface area (Å²) in [5.74, 6) is -8.10. The van der Waals surface area contributed by atoms with E-state index in [1.54, 1.807) is 0 Å². The Morgan fingerprint density at radius 3 is 2.30 bits per heavy atom. The van der Waals surface area contributed by atoms with Crippen LogP contribution in [0.25, 0.3) is 6.08 Å². The molecule has 0 saturated heterocycles. The van der Waals surface area contributed by atoms with Gasteiger partial charge >= 0.3 is 24.3 Å². The fourth-order valence-electron chi connectivity index (χ4n) is 2.61. The first-order valence-corrected chi connectivity index (χ1v) is 8.25. The number of carbonyl (C=O) groups is 1. The van der Waals surface area contributed by atoms with Crippen molar-refractivity contribution < 1.29 is 50.5 Å². The Morgan fingerprint density at radius 1 is 1.07 bits per heavy atom. The summed E-state index contributed by atoms with van der Waals surface area (Å²) in [4.78, 5) is 11.6. The molecule has 0 saturated carbocycles. The molecule has 0 bridgehead atoms. The van der Waals surface area contributed by atoms with E-state index in [1.165, 1.54) is 18.2 Å². The minimum Gasteiger partial charge on any atom is -0.478 e. The van der Waals surface area contributed by atoms with Gasteiger partial charge < -0.3 is 19.3 Å². The number of hydrogen-bond donors (Lipinski definition) is 1. The normalized spacial score (nSPS) is 18.7. The maximum Gasteiger partial charge on any atom is 0.573 e. The summed E-state index contributed by atoms with van der Waals surface area (Å²) in [5, 5.41) is 9.10. The highest BCUT2D eigenvalue weighted by atomic mass is 35.5. The lowest BCUT2D eigenvalue weighted by Gasteiger charge is -2.38. The van der Waals surface area contributed by atoms with E-state index in [2.05, 4.69) is 4.74 Å². The van der Waals surface area contributed by atoms with E-state index < -0.39 is 47.1 Å².